The lowest BCUT2D eigenvalue weighted by Gasteiger charge is -2.32. The molecule has 0 spiro atoms. The van der Waals surface area contributed by atoms with Gasteiger partial charge in [-0.1, -0.05) is 6.42 Å². The highest BCUT2D eigenvalue weighted by atomic mass is 19.3. The molecule has 1 saturated carbocycles. The van der Waals surface area contributed by atoms with E-state index >= 15 is 0 Å². The maximum Gasteiger partial charge on any atom is 0.315 e. The van der Waals surface area contributed by atoms with Crippen molar-refractivity contribution in [1.82, 2.24) is 4.90 Å². The second kappa shape index (κ2) is 5.10. The Kier molecular flexibility index (Phi) is 3.74. The predicted molar refractivity (Wildman–Crippen MR) is 57.7 cm³/mol. The molecule has 2 unspecified atom stereocenters. The Morgan fingerprint density at radius 3 is 2.65 bits per heavy atom. The minimum absolute atomic E-state index is 0.148. The van der Waals surface area contributed by atoms with Crippen LogP contribution in [-0.2, 0) is 9.59 Å². The highest BCUT2D eigenvalue weighted by Crippen LogP contribution is 2.32. The lowest BCUT2D eigenvalue weighted by molar-refractivity contribution is -0.146. The van der Waals surface area contributed by atoms with Crippen LogP contribution >= 0.6 is 0 Å². The van der Waals surface area contributed by atoms with Gasteiger partial charge in [-0.25, -0.2) is 0 Å². The van der Waals surface area contributed by atoms with Gasteiger partial charge in [0.1, 0.15) is 5.78 Å². The zero-order valence-corrected chi connectivity index (χ0v) is 9.70. The summed E-state index contributed by atoms with van der Waals surface area (Å²) >= 11 is 0. The van der Waals surface area contributed by atoms with Gasteiger partial charge in [0.25, 0.3) is 5.91 Å². The molecule has 3 nitrogen and oxygen atoms in total. The van der Waals surface area contributed by atoms with E-state index in [0.29, 0.717) is 19.4 Å². The molecule has 1 aliphatic carbocycles. The van der Waals surface area contributed by atoms with Crippen molar-refractivity contribution in [2.75, 3.05) is 6.54 Å². The quantitative estimate of drug-likeness (QED) is 0.746. The second-order valence-corrected chi connectivity index (χ2v) is 4.86. The van der Waals surface area contributed by atoms with Crippen LogP contribution in [0.3, 0.4) is 0 Å². The topological polar surface area (TPSA) is 37.4 Å². The molecule has 5 heteroatoms. The summed E-state index contributed by atoms with van der Waals surface area (Å²) in [5, 5.41) is 0. The van der Waals surface area contributed by atoms with E-state index in [-0.39, 0.29) is 17.7 Å². The number of halogens is 2. The molecule has 2 aliphatic rings. The first-order chi connectivity index (χ1) is 8.11. The van der Waals surface area contributed by atoms with Crippen molar-refractivity contribution in [3.63, 3.8) is 0 Å². The molecule has 2 fully saturated rings. The fourth-order valence-electron chi connectivity index (χ4n) is 3.03. The molecule has 17 heavy (non-hydrogen) atoms. The summed E-state index contributed by atoms with van der Waals surface area (Å²) in [6.45, 7) is 0.373. The number of hydrogen-bond acceptors (Lipinski definition) is 2. The second-order valence-electron chi connectivity index (χ2n) is 4.86. The minimum Gasteiger partial charge on any atom is -0.334 e. The molecule has 0 N–H and O–H groups in total. The van der Waals surface area contributed by atoms with E-state index in [1.54, 1.807) is 0 Å². The van der Waals surface area contributed by atoms with Gasteiger partial charge in [-0.05, 0) is 25.7 Å². The van der Waals surface area contributed by atoms with E-state index in [9.17, 15) is 18.4 Å². The van der Waals surface area contributed by atoms with E-state index in [1.165, 1.54) is 4.90 Å². The van der Waals surface area contributed by atoms with Crippen LogP contribution in [0.2, 0.25) is 0 Å². The zero-order chi connectivity index (χ0) is 12.4. The van der Waals surface area contributed by atoms with Crippen LogP contribution in [0.25, 0.3) is 0 Å². The number of nitrogens with zero attached hydrogens (tertiary/aromatic N) is 1. The fraction of sp³-hybridized carbons (Fsp3) is 0.833. The highest BCUT2D eigenvalue weighted by Gasteiger charge is 2.40. The summed E-state index contributed by atoms with van der Waals surface area (Å²) in [7, 11) is 0. The Balaban J connectivity index is 2.08. The lowest BCUT2D eigenvalue weighted by Crippen LogP contribution is -2.45. The molecule has 1 amide bonds. The van der Waals surface area contributed by atoms with E-state index in [1.807, 2.05) is 0 Å². The Morgan fingerprint density at radius 1 is 1.24 bits per heavy atom. The van der Waals surface area contributed by atoms with E-state index in [4.69, 9.17) is 0 Å². The van der Waals surface area contributed by atoms with Crippen LogP contribution in [0, 0.1) is 5.92 Å². The van der Waals surface area contributed by atoms with Crippen molar-refractivity contribution in [2.24, 2.45) is 5.92 Å². The number of Topliss-reactive ketones (excluding diaryl/α,β-unsaturated/α-hetero) is 1. The number of likely N-dealkylation sites (tertiary alicyclic amines) is 1. The monoisotopic (exact) mass is 245 g/mol. The molecule has 0 aromatic carbocycles. The molecule has 2 rings (SSSR count). The average Bonchev–Trinajstić information content (AvgIpc) is 2.77. The first kappa shape index (κ1) is 12.5. The summed E-state index contributed by atoms with van der Waals surface area (Å²) < 4.78 is 24.9. The largest absolute Gasteiger partial charge is 0.334 e. The standard InChI is InChI=1S/C12H17F2NO2/c13-11(14)12(17)15-7-3-5-9(15)8-4-1-2-6-10(8)16/h8-9,11H,1-7H2. The Hall–Kier alpha value is -1.00. The normalized spacial score (nSPS) is 30.1. The van der Waals surface area contributed by atoms with Crippen LogP contribution in [0.4, 0.5) is 8.78 Å². The summed E-state index contributed by atoms with van der Waals surface area (Å²) in [5.41, 5.74) is 0. The molecule has 1 saturated heterocycles. The van der Waals surface area contributed by atoms with Crippen molar-refractivity contribution >= 4 is 11.7 Å². The maximum absolute atomic E-state index is 12.4. The van der Waals surface area contributed by atoms with Crippen molar-refractivity contribution in [3.8, 4) is 0 Å². The van der Waals surface area contributed by atoms with Gasteiger partial charge < -0.3 is 4.90 Å². The van der Waals surface area contributed by atoms with Gasteiger partial charge in [-0.2, -0.15) is 8.78 Å². The van der Waals surface area contributed by atoms with Crippen LogP contribution in [0.5, 0.6) is 0 Å². The van der Waals surface area contributed by atoms with E-state index in [0.717, 1.165) is 25.7 Å². The van der Waals surface area contributed by atoms with Crippen LogP contribution < -0.4 is 0 Å². The van der Waals surface area contributed by atoms with Gasteiger partial charge in [0, 0.05) is 24.9 Å². The lowest BCUT2D eigenvalue weighted by atomic mass is 9.82. The number of carbonyl (C=O) groups excluding carboxylic acids is 2. The van der Waals surface area contributed by atoms with Gasteiger partial charge in [0.2, 0.25) is 0 Å². The van der Waals surface area contributed by atoms with Crippen molar-refractivity contribution in [2.45, 2.75) is 51.0 Å². The Bertz CT molecular complexity index is 320. The number of hydrogen-bond donors (Lipinski definition) is 0. The molecule has 1 heterocycles. The average molecular weight is 245 g/mol. The Labute approximate surface area is 99.2 Å². The smallest absolute Gasteiger partial charge is 0.315 e. The van der Waals surface area contributed by atoms with Gasteiger partial charge in [-0.15, -0.1) is 0 Å². The van der Waals surface area contributed by atoms with Crippen molar-refractivity contribution < 1.29 is 18.4 Å². The Morgan fingerprint density at radius 2 is 2.00 bits per heavy atom. The van der Waals surface area contributed by atoms with E-state index in [2.05, 4.69) is 0 Å². The number of alkyl halides is 2. The van der Waals surface area contributed by atoms with Gasteiger partial charge >= 0.3 is 6.43 Å². The number of amides is 1. The van der Waals surface area contributed by atoms with Crippen LogP contribution in [0.1, 0.15) is 38.5 Å². The molecule has 0 aromatic rings. The highest BCUT2D eigenvalue weighted by molar-refractivity contribution is 5.84. The third-order valence-corrected chi connectivity index (χ3v) is 3.84. The van der Waals surface area contributed by atoms with Gasteiger partial charge in [0.15, 0.2) is 0 Å². The molecule has 0 bridgehead atoms. The first-order valence-corrected chi connectivity index (χ1v) is 6.22. The first-order valence-electron chi connectivity index (χ1n) is 6.22. The summed E-state index contributed by atoms with van der Waals surface area (Å²) in [6.07, 6.45) is 1.61. The van der Waals surface area contributed by atoms with Crippen molar-refractivity contribution in [1.29, 1.82) is 0 Å². The van der Waals surface area contributed by atoms with E-state index < -0.39 is 12.3 Å². The molecule has 2 atom stereocenters. The summed E-state index contributed by atoms with van der Waals surface area (Å²) in [6, 6.07) is -0.274. The molecule has 1 aliphatic heterocycles. The van der Waals surface area contributed by atoms with Gasteiger partial charge in [0.05, 0.1) is 0 Å². The SMILES string of the molecule is O=C1CCCCC1C1CCCN1C(=O)C(F)F. The number of carbonyl (C=O) groups is 2. The minimum atomic E-state index is -2.95. The molecule has 0 aromatic heterocycles. The maximum atomic E-state index is 12.4. The fourth-order valence-corrected chi connectivity index (χ4v) is 3.03. The van der Waals surface area contributed by atoms with Crippen LogP contribution in [0.15, 0.2) is 0 Å². The summed E-state index contributed by atoms with van der Waals surface area (Å²) in [5.74, 6) is -1.16. The third-order valence-electron chi connectivity index (χ3n) is 3.84. The number of rotatable bonds is 2. The summed E-state index contributed by atoms with van der Waals surface area (Å²) in [4.78, 5) is 24.4. The third kappa shape index (κ3) is 2.48. The molecular weight excluding hydrogens is 228 g/mol. The van der Waals surface area contributed by atoms with Gasteiger partial charge in [-0.3, -0.25) is 9.59 Å². The van der Waals surface area contributed by atoms with Crippen LogP contribution in [-0.4, -0.2) is 35.6 Å². The predicted octanol–water partition coefficient (Wildman–Crippen LogP) is 2.00. The molecular formula is C12H17F2NO2. The van der Waals surface area contributed by atoms with Crippen molar-refractivity contribution in [3.05, 3.63) is 0 Å². The zero-order valence-electron chi connectivity index (χ0n) is 9.70. The molecule has 0 radical (unpaired) electrons. The molecule has 96 valence electrons. The number of ketones is 1.